The largest absolute Gasteiger partial charge is 0.481 e. The van der Waals surface area contributed by atoms with E-state index < -0.39 is 17.9 Å². The summed E-state index contributed by atoms with van der Waals surface area (Å²) in [7, 11) is 0. The summed E-state index contributed by atoms with van der Waals surface area (Å²) in [6, 6.07) is 8.76. The topological polar surface area (TPSA) is 92.4 Å². The van der Waals surface area contributed by atoms with E-state index in [2.05, 4.69) is 5.32 Å². The monoisotopic (exact) mass is 250 g/mol. The van der Waals surface area contributed by atoms with Gasteiger partial charge in [-0.1, -0.05) is 37.3 Å². The zero-order chi connectivity index (χ0) is 13.5. The number of carbonyl (C=O) groups excluding carboxylic acids is 1. The number of carboxylic acids is 1. The van der Waals surface area contributed by atoms with Crippen LogP contribution in [0.25, 0.3) is 0 Å². The lowest BCUT2D eigenvalue weighted by Gasteiger charge is -2.15. The number of carbonyl (C=O) groups is 2. The summed E-state index contributed by atoms with van der Waals surface area (Å²) < 4.78 is 0. The first-order chi connectivity index (χ1) is 8.50. The molecule has 0 fully saturated rings. The van der Waals surface area contributed by atoms with Gasteiger partial charge in [0.25, 0.3) is 0 Å². The maximum Gasteiger partial charge on any atom is 0.305 e. The van der Waals surface area contributed by atoms with Gasteiger partial charge in [0.05, 0.1) is 12.5 Å². The number of hydrogen-bond donors (Lipinski definition) is 3. The van der Waals surface area contributed by atoms with E-state index in [1.54, 1.807) is 0 Å². The lowest BCUT2D eigenvalue weighted by atomic mass is 10.0. The first-order valence-corrected chi connectivity index (χ1v) is 5.80. The number of benzene rings is 1. The van der Waals surface area contributed by atoms with Gasteiger partial charge >= 0.3 is 5.97 Å². The number of aliphatic carboxylic acids is 1. The van der Waals surface area contributed by atoms with Crippen LogP contribution in [0.4, 0.5) is 0 Å². The molecule has 0 aliphatic carbocycles. The molecule has 98 valence electrons. The third-order valence-electron chi connectivity index (χ3n) is 2.68. The maximum absolute atomic E-state index is 11.5. The molecule has 0 aliphatic rings. The van der Waals surface area contributed by atoms with Crippen LogP contribution in [-0.2, 0) is 9.59 Å². The van der Waals surface area contributed by atoms with Crippen molar-refractivity contribution < 1.29 is 14.7 Å². The predicted octanol–water partition coefficient (Wildman–Crippen LogP) is 0.708. The molecule has 4 N–H and O–H groups in total. The van der Waals surface area contributed by atoms with Crippen molar-refractivity contribution in [2.45, 2.75) is 25.3 Å². The Labute approximate surface area is 106 Å². The molecule has 1 rings (SSSR count). The Bertz CT molecular complexity index is 406. The molecule has 18 heavy (non-hydrogen) atoms. The minimum atomic E-state index is -1.08. The average molecular weight is 250 g/mol. The van der Waals surface area contributed by atoms with Crippen LogP contribution in [0, 0.1) is 0 Å². The predicted molar refractivity (Wildman–Crippen MR) is 68.1 cm³/mol. The standard InChI is InChI=1S/C13H18N2O3/c1-9(10-5-3-2-4-6-10)8-15-13(18)11(14)7-12(16)17/h2-6,9,11H,7-8,14H2,1H3,(H,15,18)(H,16,17)/t9?,11-/m1/s1. The molecule has 0 spiro atoms. The number of carboxylic acid groups (broad SMARTS) is 1. The number of hydrogen-bond acceptors (Lipinski definition) is 3. The second-order valence-corrected chi connectivity index (χ2v) is 4.26. The molecule has 5 heteroatoms. The van der Waals surface area contributed by atoms with Crippen LogP contribution in [-0.4, -0.2) is 29.6 Å². The highest BCUT2D eigenvalue weighted by molar-refractivity contribution is 5.85. The van der Waals surface area contributed by atoms with Crippen LogP contribution >= 0.6 is 0 Å². The number of rotatable bonds is 6. The summed E-state index contributed by atoms with van der Waals surface area (Å²) >= 11 is 0. The maximum atomic E-state index is 11.5. The van der Waals surface area contributed by atoms with Gasteiger partial charge in [0.1, 0.15) is 0 Å². The molecule has 2 atom stereocenters. The molecule has 0 bridgehead atoms. The molecule has 1 amide bonds. The fourth-order valence-corrected chi connectivity index (χ4v) is 1.57. The van der Waals surface area contributed by atoms with Gasteiger partial charge in [-0.2, -0.15) is 0 Å². The van der Waals surface area contributed by atoms with Gasteiger partial charge in [-0.25, -0.2) is 0 Å². The quantitative estimate of drug-likeness (QED) is 0.693. The van der Waals surface area contributed by atoms with E-state index in [9.17, 15) is 9.59 Å². The summed E-state index contributed by atoms with van der Waals surface area (Å²) in [5, 5.41) is 11.2. The first-order valence-electron chi connectivity index (χ1n) is 5.80. The molecule has 0 radical (unpaired) electrons. The number of nitrogens with one attached hydrogen (secondary N) is 1. The van der Waals surface area contributed by atoms with Crippen LogP contribution in [0.3, 0.4) is 0 Å². The minimum Gasteiger partial charge on any atom is -0.481 e. The Morgan fingerprint density at radius 3 is 2.50 bits per heavy atom. The van der Waals surface area contributed by atoms with Gasteiger partial charge in [-0.15, -0.1) is 0 Å². The SMILES string of the molecule is CC(CNC(=O)[C@H](N)CC(=O)O)c1ccccc1. The molecule has 0 heterocycles. The summed E-state index contributed by atoms with van der Waals surface area (Å²) in [5.74, 6) is -1.35. The van der Waals surface area contributed by atoms with Crippen molar-refractivity contribution in [3.05, 3.63) is 35.9 Å². The molecule has 0 aromatic heterocycles. The van der Waals surface area contributed by atoms with Crippen LogP contribution in [0.5, 0.6) is 0 Å². The Hall–Kier alpha value is -1.88. The third kappa shape index (κ3) is 4.55. The summed E-state index contributed by atoms with van der Waals surface area (Å²) in [4.78, 5) is 21.9. The molecule has 0 aliphatic heterocycles. The number of nitrogens with two attached hydrogens (primary N) is 1. The van der Waals surface area contributed by atoms with Crippen molar-refractivity contribution in [3.8, 4) is 0 Å². The molecule has 0 saturated heterocycles. The smallest absolute Gasteiger partial charge is 0.305 e. The van der Waals surface area contributed by atoms with Crippen LogP contribution in [0.15, 0.2) is 30.3 Å². The fourth-order valence-electron chi connectivity index (χ4n) is 1.57. The highest BCUT2D eigenvalue weighted by Gasteiger charge is 2.17. The van der Waals surface area contributed by atoms with E-state index in [4.69, 9.17) is 10.8 Å². The average Bonchev–Trinajstić information content (AvgIpc) is 2.35. The molecular formula is C13H18N2O3. The van der Waals surface area contributed by atoms with Crippen molar-refractivity contribution in [1.82, 2.24) is 5.32 Å². The van der Waals surface area contributed by atoms with Crippen LogP contribution < -0.4 is 11.1 Å². The lowest BCUT2D eigenvalue weighted by molar-refractivity contribution is -0.139. The molecule has 5 nitrogen and oxygen atoms in total. The van der Waals surface area contributed by atoms with E-state index in [0.717, 1.165) is 5.56 Å². The second-order valence-electron chi connectivity index (χ2n) is 4.26. The van der Waals surface area contributed by atoms with Crippen molar-refractivity contribution in [2.75, 3.05) is 6.54 Å². The Morgan fingerprint density at radius 1 is 1.33 bits per heavy atom. The molecule has 1 aromatic rings. The Balaban J connectivity index is 2.41. The first kappa shape index (κ1) is 14.2. The van der Waals surface area contributed by atoms with Gasteiger partial charge in [-0.3, -0.25) is 9.59 Å². The van der Waals surface area contributed by atoms with Crippen molar-refractivity contribution >= 4 is 11.9 Å². The van der Waals surface area contributed by atoms with Crippen molar-refractivity contribution in [3.63, 3.8) is 0 Å². The Kier molecular flexibility index (Phi) is 5.32. The molecule has 0 saturated carbocycles. The summed E-state index contributed by atoms with van der Waals surface area (Å²) in [6.45, 7) is 2.43. The van der Waals surface area contributed by atoms with E-state index in [1.807, 2.05) is 37.3 Å². The summed E-state index contributed by atoms with van der Waals surface area (Å²) in [5.41, 5.74) is 6.57. The third-order valence-corrected chi connectivity index (χ3v) is 2.68. The van der Waals surface area contributed by atoms with E-state index in [-0.39, 0.29) is 12.3 Å². The summed E-state index contributed by atoms with van der Waals surface area (Å²) in [6.07, 6.45) is -0.356. The van der Waals surface area contributed by atoms with Gasteiger partial charge in [0.2, 0.25) is 5.91 Å². The zero-order valence-corrected chi connectivity index (χ0v) is 10.3. The van der Waals surface area contributed by atoms with Crippen LogP contribution in [0.2, 0.25) is 0 Å². The fraction of sp³-hybridized carbons (Fsp3) is 0.385. The Morgan fingerprint density at radius 2 is 1.94 bits per heavy atom. The molecule has 1 unspecified atom stereocenters. The zero-order valence-electron chi connectivity index (χ0n) is 10.3. The van der Waals surface area contributed by atoms with E-state index >= 15 is 0 Å². The van der Waals surface area contributed by atoms with Gasteiger partial charge in [-0.05, 0) is 11.5 Å². The normalized spacial score (nSPS) is 13.7. The van der Waals surface area contributed by atoms with Crippen molar-refractivity contribution in [2.24, 2.45) is 5.73 Å². The van der Waals surface area contributed by atoms with Crippen LogP contribution in [0.1, 0.15) is 24.8 Å². The highest BCUT2D eigenvalue weighted by atomic mass is 16.4. The molecule has 1 aromatic carbocycles. The van der Waals surface area contributed by atoms with Gasteiger partial charge in [0.15, 0.2) is 0 Å². The van der Waals surface area contributed by atoms with E-state index in [0.29, 0.717) is 6.54 Å². The lowest BCUT2D eigenvalue weighted by Crippen LogP contribution is -2.43. The van der Waals surface area contributed by atoms with Crippen molar-refractivity contribution in [1.29, 1.82) is 0 Å². The molecular weight excluding hydrogens is 232 g/mol. The highest BCUT2D eigenvalue weighted by Crippen LogP contribution is 2.12. The second kappa shape index (κ2) is 6.76. The van der Waals surface area contributed by atoms with E-state index in [1.165, 1.54) is 0 Å². The minimum absolute atomic E-state index is 0.159. The van der Waals surface area contributed by atoms with Gasteiger partial charge < -0.3 is 16.2 Å². The number of amides is 1. The van der Waals surface area contributed by atoms with Gasteiger partial charge in [0, 0.05) is 6.54 Å².